The molecule has 0 aliphatic carbocycles. The molecule has 1 amide bonds. The second-order valence-corrected chi connectivity index (χ2v) is 7.02. The monoisotopic (exact) mass is 428 g/mol. The van der Waals surface area contributed by atoms with Crippen LogP contribution in [0, 0.1) is 0 Å². The zero-order valence-electron chi connectivity index (χ0n) is 13.3. The van der Waals surface area contributed by atoms with Crippen molar-refractivity contribution in [2.24, 2.45) is 5.73 Å². The van der Waals surface area contributed by atoms with Crippen molar-refractivity contribution in [3.63, 3.8) is 0 Å². The molecule has 3 rings (SSSR count). The third-order valence-corrected chi connectivity index (χ3v) is 5.51. The van der Waals surface area contributed by atoms with Gasteiger partial charge < -0.3 is 20.9 Å². The number of nitrogens with one attached hydrogen (secondary N) is 1. The van der Waals surface area contributed by atoms with Crippen LogP contribution in [0.2, 0.25) is 5.02 Å². The van der Waals surface area contributed by atoms with Crippen molar-refractivity contribution in [2.75, 3.05) is 18.5 Å². The average molecular weight is 430 g/mol. The Morgan fingerprint density at radius 2 is 2.36 bits per heavy atom. The summed E-state index contributed by atoms with van der Waals surface area (Å²) in [5.41, 5.74) is 6.99. The van der Waals surface area contributed by atoms with Gasteiger partial charge in [0.25, 0.3) is 5.91 Å². The van der Waals surface area contributed by atoms with Crippen LogP contribution in [-0.4, -0.2) is 34.0 Å². The van der Waals surface area contributed by atoms with Crippen molar-refractivity contribution in [1.29, 1.82) is 0 Å². The molecule has 1 fully saturated rings. The summed E-state index contributed by atoms with van der Waals surface area (Å²) < 4.78 is 7.82. The highest BCUT2D eigenvalue weighted by Crippen LogP contribution is 2.32. The quantitative estimate of drug-likeness (QED) is 0.678. The van der Waals surface area contributed by atoms with Gasteiger partial charge in [-0.3, -0.25) is 9.48 Å². The molecule has 2 heterocycles. The molecule has 1 atom stereocenters. The number of hydrogen-bond acceptors (Lipinski definition) is 5. The maximum atomic E-state index is 11.8. The molecule has 1 saturated heterocycles. The van der Waals surface area contributed by atoms with Crippen molar-refractivity contribution in [2.45, 2.75) is 25.5 Å². The van der Waals surface area contributed by atoms with Crippen LogP contribution in [0.4, 0.5) is 11.5 Å². The van der Waals surface area contributed by atoms with Crippen molar-refractivity contribution in [3.8, 4) is 0 Å². The number of carbonyl (C=O) groups is 1. The molecular weight excluding hydrogens is 412 g/mol. The molecule has 1 aliphatic heterocycles. The van der Waals surface area contributed by atoms with Crippen LogP contribution in [-0.2, 0) is 11.3 Å². The first-order valence-corrected chi connectivity index (χ1v) is 8.99. The Morgan fingerprint density at radius 3 is 3.00 bits per heavy atom. The fourth-order valence-electron chi connectivity index (χ4n) is 2.75. The van der Waals surface area contributed by atoms with Crippen molar-refractivity contribution in [3.05, 3.63) is 39.0 Å². The molecule has 7 nitrogen and oxygen atoms in total. The number of aliphatic hydroxyl groups excluding tert-OH is 1. The van der Waals surface area contributed by atoms with E-state index in [9.17, 15) is 9.90 Å². The number of primary amides is 1. The lowest BCUT2D eigenvalue weighted by atomic mass is 10.1. The van der Waals surface area contributed by atoms with Crippen LogP contribution < -0.4 is 11.1 Å². The van der Waals surface area contributed by atoms with Gasteiger partial charge in [0.2, 0.25) is 0 Å². The highest BCUT2D eigenvalue weighted by Gasteiger charge is 2.21. The maximum Gasteiger partial charge on any atom is 0.254 e. The molecule has 134 valence electrons. The summed E-state index contributed by atoms with van der Waals surface area (Å²) in [6.45, 7) is 1.12. The summed E-state index contributed by atoms with van der Waals surface area (Å²) >= 11 is 9.49. The molecule has 1 aromatic carbocycles. The molecule has 0 saturated carbocycles. The third kappa shape index (κ3) is 3.98. The van der Waals surface area contributed by atoms with Gasteiger partial charge in [-0.1, -0.05) is 11.6 Å². The van der Waals surface area contributed by atoms with Gasteiger partial charge in [0.1, 0.15) is 5.56 Å². The van der Waals surface area contributed by atoms with E-state index in [4.69, 9.17) is 22.1 Å². The van der Waals surface area contributed by atoms with Gasteiger partial charge in [0.15, 0.2) is 5.82 Å². The standard InChI is InChI=1S/C16H18BrClN4O3/c17-14-9(7-23)4-10(5-13(14)18)20-16-12(15(19)24)6-22(21-16)11-2-1-3-25-8-11/h4-6,11,23H,1-3,7-8H2,(H2,19,24)(H,20,21)/t11-/m1/s1. The minimum Gasteiger partial charge on any atom is -0.392 e. The number of ether oxygens (including phenoxy) is 1. The van der Waals surface area contributed by atoms with Gasteiger partial charge >= 0.3 is 0 Å². The van der Waals surface area contributed by atoms with Crippen LogP contribution in [0.25, 0.3) is 0 Å². The van der Waals surface area contributed by atoms with Gasteiger partial charge in [-0.05, 0) is 46.5 Å². The van der Waals surface area contributed by atoms with Crippen LogP contribution >= 0.6 is 27.5 Å². The van der Waals surface area contributed by atoms with Crippen molar-refractivity contribution >= 4 is 44.9 Å². The molecule has 2 aromatic rings. The molecule has 0 radical (unpaired) electrons. The molecule has 1 aromatic heterocycles. The number of aliphatic hydroxyl groups is 1. The van der Waals surface area contributed by atoms with Gasteiger partial charge in [-0.2, -0.15) is 5.10 Å². The maximum absolute atomic E-state index is 11.8. The number of amides is 1. The van der Waals surface area contributed by atoms with Crippen molar-refractivity contribution in [1.82, 2.24) is 9.78 Å². The topological polar surface area (TPSA) is 102 Å². The number of nitrogens with two attached hydrogens (primary N) is 1. The molecule has 9 heteroatoms. The lowest BCUT2D eigenvalue weighted by Gasteiger charge is -2.22. The van der Waals surface area contributed by atoms with Crippen LogP contribution in [0.3, 0.4) is 0 Å². The molecule has 0 unspecified atom stereocenters. The Hall–Kier alpha value is -1.61. The molecule has 0 spiro atoms. The third-order valence-electron chi connectivity index (χ3n) is 4.04. The van der Waals surface area contributed by atoms with Gasteiger partial charge in [0, 0.05) is 23.0 Å². The van der Waals surface area contributed by atoms with Gasteiger partial charge in [-0.15, -0.1) is 0 Å². The highest BCUT2D eigenvalue weighted by molar-refractivity contribution is 9.10. The minimum absolute atomic E-state index is 0.0731. The fraction of sp³-hybridized carbons (Fsp3) is 0.375. The lowest BCUT2D eigenvalue weighted by Crippen LogP contribution is -2.21. The molecular formula is C16H18BrClN4O3. The fourth-order valence-corrected chi connectivity index (χ4v) is 3.35. The first-order valence-electron chi connectivity index (χ1n) is 7.82. The van der Waals surface area contributed by atoms with E-state index in [1.165, 1.54) is 0 Å². The summed E-state index contributed by atoms with van der Waals surface area (Å²) in [5.74, 6) is -0.226. The Labute approximate surface area is 158 Å². The number of anilines is 2. The zero-order chi connectivity index (χ0) is 18.0. The van der Waals surface area contributed by atoms with E-state index in [-0.39, 0.29) is 18.2 Å². The Kier molecular flexibility index (Phi) is 5.63. The van der Waals surface area contributed by atoms with E-state index in [0.29, 0.717) is 33.2 Å². The normalized spacial score (nSPS) is 17.5. The summed E-state index contributed by atoms with van der Waals surface area (Å²) in [6.07, 6.45) is 3.51. The number of rotatable bonds is 5. The van der Waals surface area contributed by atoms with Crippen molar-refractivity contribution < 1.29 is 14.6 Å². The highest BCUT2D eigenvalue weighted by atomic mass is 79.9. The second kappa shape index (κ2) is 7.74. The number of hydrogen-bond donors (Lipinski definition) is 3. The van der Waals surface area contributed by atoms with Gasteiger partial charge in [-0.25, -0.2) is 0 Å². The van der Waals surface area contributed by atoms with Crippen LogP contribution in [0.15, 0.2) is 22.8 Å². The predicted octanol–water partition coefficient (Wildman–Crippen LogP) is 2.99. The van der Waals surface area contributed by atoms with Gasteiger partial charge in [0.05, 0.1) is 24.3 Å². The molecule has 4 N–H and O–H groups in total. The summed E-state index contributed by atoms with van der Waals surface area (Å²) in [7, 11) is 0. The largest absolute Gasteiger partial charge is 0.392 e. The molecule has 1 aliphatic rings. The van der Waals surface area contributed by atoms with E-state index in [2.05, 4.69) is 26.3 Å². The predicted molar refractivity (Wildman–Crippen MR) is 98.2 cm³/mol. The molecule has 0 bridgehead atoms. The van der Waals surface area contributed by atoms with E-state index >= 15 is 0 Å². The Balaban J connectivity index is 1.92. The van der Waals surface area contributed by atoms with E-state index in [0.717, 1.165) is 19.4 Å². The number of aromatic nitrogens is 2. The SMILES string of the molecule is NC(=O)c1cn([C@@H]2CCCOC2)nc1Nc1cc(Cl)c(Br)c(CO)c1. The van der Waals surface area contributed by atoms with E-state index in [1.807, 2.05) is 0 Å². The van der Waals surface area contributed by atoms with Crippen LogP contribution in [0.1, 0.15) is 34.8 Å². The second-order valence-electron chi connectivity index (χ2n) is 5.82. The van der Waals surface area contributed by atoms with E-state index < -0.39 is 5.91 Å². The van der Waals surface area contributed by atoms with Crippen LogP contribution in [0.5, 0.6) is 0 Å². The molecule has 25 heavy (non-hydrogen) atoms. The summed E-state index contributed by atoms with van der Waals surface area (Å²) in [4.78, 5) is 11.8. The first-order chi connectivity index (χ1) is 12.0. The Bertz CT molecular complexity index is 790. The summed E-state index contributed by atoms with van der Waals surface area (Å²) in [6, 6.07) is 3.48. The zero-order valence-corrected chi connectivity index (χ0v) is 15.7. The number of halogens is 2. The average Bonchev–Trinajstić information content (AvgIpc) is 3.03. The number of benzene rings is 1. The number of nitrogens with zero attached hydrogens (tertiary/aromatic N) is 2. The minimum atomic E-state index is -0.573. The van der Waals surface area contributed by atoms with E-state index in [1.54, 1.807) is 23.0 Å². The Morgan fingerprint density at radius 1 is 1.56 bits per heavy atom. The summed E-state index contributed by atoms with van der Waals surface area (Å²) in [5, 5.41) is 17.4. The smallest absolute Gasteiger partial charge is 0.254 e. The first kappa shape index (κ1) is 18.2. The number of carbonyl (C=O) groups excluding carboxylic acids is 1. The lowest BCUT2D eigenvalue weighted by molar-refractivity contribution is 0.0550.